The zero-order valence-corrected chi connectivity index (χ0v) is 16.0. The molecule has 1 N–H and O–H groups in total. The van der Waals surface area contributed by atoms with E-state index in [-0.39, 0.29) is 12.0 Å². The van der Waals surface area contributed by atoms with Gasteiger partial charge in [0.15, 0.2) is 0 Å². The summed E-state index contributed by atoms with van der Waals surface area (Å²) in [7, 11) is -2.05. The van der Waals surface area contributed by atoms with Crippen LogP contribution in [0.5, 0.6) is 0 Å². The third-order valence-corrected chi connectivity index (χ3v) is 7.02. The van der Waals surface area contributed by atoms with Crippen LogP contribution in [0.25, 0.3) is 0 Å². The van der Waals surface area contributed by atoms with Crippen molar-refractivity contribution in [3.63, 3.8) is 0 Å². The van der Waals surface area contributed by atoms with Crippen molar-refractivity contribution >= 4 is 16.0 Å². The monoisotopic (exact) mass is 377 g/mol. The minimum Gasteiger partial charge on any atom is -0.469 e. The number of carbonyl (C=O) groups is 1. The molecule has 0 aliphatic heterocycles. The second-order valence-electron chi connectivity index (χ2n) is 7.28. The Labute approximate surface area is 155 Å². The number of methoxy groups -OCH3 is 1. The van der Waals surface area contributed by atoms with Crippen LogP contribution in [0, 0.1) is 17.8 Å². The van der Waals surface area contributed by atoms with E-state index in [1.807, 2.05) is 6.07 Å². The van der Waals surface area contributed by atoms with Crippen molar-refractivity contribution in [3.8, 4) is 0 Å². The van der Waals surface area contributed by atoms with E-state index in [9.17, 15) is 13.2 Å². The van der Waals surface area contributed by atoms with Crippen LogP contribution in [-0.2, 0) is 19.6 Å². The molecule has 1 aromatic rings. The predicted molar refractivity (Wildman–Crippen MR) is 99.9 cm³/mol. The van der Waals surface area contributed by atoms with Gasteiger partial charge in [-0.1, -0.05) is 30.4 Å². The summed E-state index contributed by atoms with van der Waals surface area (Å²) in [5.74, 6) is 1.52. The standard InChI is InChI=1S/C20H27NO4S/c1-25-20(22)12-8-3-2-7-11-17-18-13-15(18)14-19(17)21-26(23,24)16-9-5-4-6-10-16/h2,4-7,9-10,15,17-19,21H,3,8,11-14H2,1H3/t15-,17-,18-,19-/m0/s1. The highest BCUT2D eigenvalue weighted by atomic mass is 32.2. The summed E-state index contributed by atoms with van der Waals surface area (Å²) in [6.45, 7) is 0. The fourth-order valence-electron chi connectivity index (χ4n) is 4.04. The molecular weight excluding hydrogens is 350 g/mol. The lowest BCUT2D eigenvalue weighted by Crippen LogP contribution is -2.38. The Morgan fingerprint density at radius 2 is 2.00 bits per heavy atom. The molecule has 0 radical (unpaired) electrons. The number of hydrogen-bond donors (Lipinski definition) is 1. The van der Waals surface area contributed by atoms with E-state index in [0.717, 1.165) is 25.7 Å². The molecule has 0 heterocycles. The number of carbonyl (C=O) groups excluding carboxylic acids is 1. The lowest BCUT2D eigenvalue weighted by molar-refractivity contribution is -0.140. The van der Waals surface area contributed by atoms with Gasteiger partial charge in [-0.3, -0.25) is 4.79 Å². The zero-order valence-electron chi connectivity index (χ0n) is 15.1. The van der Waals surface area contributed by atoms with Crippen molar-refractivity contribution in [2.24, 2.45) is 17.8 Å². The number of unbranched alkanes of at least 4 members (excludes halogenated alkanes) is 1. The predicted octanol–water partition coefficient (Wildman–Crippen LogP) is 3.28. The van der Waals surface area contributed by atoms with Crippen molar-refractivity contribution in [1.29, 1.82) is 0 Å². The first-order chi connectivity index (χ1) is 12.5. The van der Waals surface area contributed by atoms with E-state index in [1.165, 1.54) is 13.5 Å². The first-order valence-corrected chi connectivity index (χ1v) is 10.8. The average molecular weight is 378 g/mol. The highest BCUT2D eigenvalue weighted by molar-refractivity contribution is 7.89. The highest BCUT2D eigenvalue weighted by Crippen LogP contribution is 2.56. The molecule has 2 aliphatic carbocycles. The second kappa shape index (κ2) is 8.35. The number of hydrogen-bond acceptors (Lipinski definition) is 4. The average Bonchev–Trinajstić information content (AvgIpc) is 3.32. The number of fused-ring (bicyclic) bond motifs is 1. The van der Waals surface area contributed by atoms with Gasteiger partial charge < -0.3 is 4.74 Å². The number of esters is 1. The van der Waals surface area contributed by atoms with Gasteiger partial charge in [-0.05, 0) is 62.0 Å². The molecule has 4 atom stereocenters. The van der Waals surface area contributed by atoms with E-state index in [1.54, 1.807) is 24.3 Å². The topological polar surface area (TPSA) is 72.5 Å². The van der Waals surface area contributed by atoms with Crippen LogP contribution in [0.2, 0.25) is 0 Å². The van der Waals surface area contributed by atoms with Gasteiger partial charge in [0.1, 0.15) is 0 Å². The van der Waals surface area contributed by atoms with E-state index in [0.29, 0.717) is 29.1 Å². The van der Waals surface area contributed by atoms with Gasteiger partial charge in [0, 0.05) is 12.5 Å². The second-order valence-corrected chi connectivity index (χ2v) is 8.99. The largest absolute Gasteiger partial charge is 0.469 e. The Bertz CT molecular complexity index is 744. The van der Waals surface area contributed by atoms with Crippen LogP contribution in [0.3, 0.4) is 0 Å². The Morgan fingerprint density at radius 1 is 1.23 bits per heavy atom. The smallest absolute Gasteiger partial charge is 0.305 e. The fourth-order valence-corrected chi connectivity index (χ4v) is 5.37. The first-order valence-electron chi connectivity index (χ1n) is 9.30. The summed E-state index contributed by atoms with van der Waals surface area (Å²) in [6, 6.07) is 8.59. The van der Waals surface area contributed by atoms with E-state index in [4.69, 9.17) is 0 Å². The Balaban J connectivity index is 1.51. The highest BCUT2D eigenvalue weighted by Gasteiger charge is 2.53. The molecule has 2 aliphatic rings. The van der Waals surface area contributed by atoms with Crippen LogP contribution in [-0.4, -0.2) is 27.5 Å². The van der Waals surface area contributed by atoms with Crippen LogP contribution in [0.15, 0.2) is 47.4 Å². The quantitative estimate of drug-likeness (QED) is 0.407. The number of nitrogens with one attached hydrogen (secondary N) is 1. The Morgan fingerprint density at radius 3 is 2.73 bits per heavy atom. The van der Waals surface area contributed by atoms with Gasteiger partial charge in [-0.25, -0.2) is 13.1 Å². The number of sulfonamides is 1. The lowest BCUT2D eigenvalue weighted by Gasteiger charge is -2.22. The normalized spacial score (nSPS) is 27.4. The molecule has 3 rings (SSSR count). The maximum Gasteiger partial charge on any atom is 0.305 e. The number of rotatable bonds is 9. The Hall–Kier alpha value is -1.66. The summed E-state index contributed by atoms with van der Waals surface area (Å²) < 4.78 is 32.7. The zero-order chi connectivity index (χ0) is 18.6. The summed E-state index contributed by atoms with van der Waals surface area (Å²) in [5, 5.41) is 0. The third kappa shape index (κ3) is 4.74. The van der Waals surface area contributed by atoms with Crippen LogP contribution >= 0.6 is 0 Å². The molecule has 26 heavy (non-hydrogen) atoms. The maximum atomic E-state index is 12.6. The summed E-state index contributed by atoms with van der Waals surface area (Å²) >= 11 is 0. The van der Waals surface area contributed by atoms with Gasteiger partial charge in [0.25, 0.3) is 0 Å². The van der Waals surface area contributed by atoms with Crippen LogP contribution in [0.4, 0.5) is 0 Å². The van der Waals surface area contributed by atoms with Crippen LogP contribution in [0.1, 0.15) is 38.5 Å². The van der Waals surface area contributed by atoms with Crippen molar-refractivity contribution in [1.82, 2.24) is 4.72 Å². The van der Waals surface area contributed by atoms with Crippen LogP contribution < -0.4 is 4.72 Å². The molecule has 142 valence electrons. The molecule has 5 nitrogen and oxygen atoms in total. The molecule has 0 amide bonds. The molecule has 0 unspecified atom stereocenters. The molecule has 6 heteroatoms. The Kier molecular flexibility index (Phi) is 6.14. The minimum absolute atomic E-state index is 0.0173. The molecule has 2 saturated carbocycles. The molecule has 0 bridgehead atoms. The van der Waals surface area contributed by atoms with E-state index in [2.05, 4.69) is 21.6 Å². The van der Waals surface area contributed by atoms with Crippen molar-refractivity contribution < 1.29 is 17.9 Å². The summed E-state index contributed by atoms with van der Waals surface area (Å²) in [5.41, 5.74) is 0. The van der Waals surface area contributed by atoms with Gasteiger partial charge in [-0.15, -0.1) is 0 Å². The van der Waals surface area contributed by atoms with E-state index < -0.39 is 10.0 Å². The van der Waals surface area contributed by atoms with Gasteiger partial charge in [0.2, 0.25) is 10.0 Å². The SMILES string of the molecule is COC(=O)CCCC=CC[C@H]1[C@H]2C[C@H]2C[C@@H]1NS(=O)(=O)c1ccccc1. The van der Waals surface area contributed by atoms with Crippen molar-refractivity contribution in [3.05, 3.63) is 42.5 Å². The lowest BCUT2D eigenvalue weighted by atomic mass is 9.95. The summed E-state index contributed by atoms with van der Waals surface area (Å²) in [4.78, 5) is 11.4. The fraction of sp³-hybridized carbons (Fsp3) is 0.550. The number of allylic oxidation sites excluding steroid dienone is 2. The number of ether oxygens (including phenoxy) is 1. The molecule has 0 spiro atoms. The van der Waals surface area contributed by atoms with E-state index >= 15 is 0 Å². The molecule has 2 fully saturated rings. The first kappa shape index (κ1) is 19.1. The van der Waals surface area contributed by atoms with Gasteiger partial charge in [0.05, 0.1) is 12.0 Å². The molecular formula is C20H27NO4S. The maximum absolute atomic E-state index is 12.6. The molecule has 1 aromatic carbocycles. The van der Waals surface area contributed by atoms with Crippen molar-refractivity contribution in [2.75, 3.05) is 7.11 Å². The molecule has 0 aromatic heterocycles. The van der Waals surface area contributed by atoms with Gasteiger partial charge in [-0.2, -0.15) is 0 Å². The third-order valence-electron chi connectivity index (χ3n) is 5.52. The van der Waals surface area contributed by atoms with Crippen molar-refractivity contribution in [2.45, 2.75) is 49.5 Å². The minimum atomic E-state index is -3.46. The molecule has 0 saturated heterocycles. The number of benzene rings is 1. The van der Waals surface area contributed by atoms with Gasteiger partial charge >= 0.3 is 5.97 Å². The summed E-state index contributed by atoms with van der Waals surface area (Å²) in [6.07, 6.45) is 9.37.